The summed E-state index contributed by atoms with van der Waals surface area (Å²) < 4.78 is 26.0. The van der Waals surface area contributed by atoms with E-state index in [0.29, 0.717) is 24.5 Å². The van der Waals surface area contributed by atoms with Crippen LogP contribution in [0, 0.1) is 0 Å². The first-order valence-electron chi connectivity index (χ1n) is 11.0. The number of hydrogen-bond donors (Lipinski definition) is 1. The van der Waals surface area contributed by atoms with Crippen molar-refractivity contribution >= 4 is 18.4 Å². The van der Waals surface area contributed by atoms with Crippen LogP contribution in [0.1, 0.15) is 44.7 Å². The maximum Gasteiger partial charge on any atom is 0.306 e. The average Bonchev–Trinajstić information content (AvgIpc) is 2.78. The van der Waals surface area contributed by atoms with Crippen molar-refractivity contribution in [3.8, 4) is 23.0 Å². The van der Waals surface area contributed by atoms with Crippen LogP contribution >= 0.6 is 12.4 Å². The highest BCUT2D eigenvalue weighted by atomic mass is 35.5. The number of esters is 1. The quantitative estimate of drug-likeness (QED) is 0.462. The fourth-order valence-electron chi connectivity index (χ4n) is 3.07. The van der Waals surface area contributed by atoms with Gasteiger partial charge in [0.05, 0.1) is 28.4 Å². The van der Waals surface area contributed by atoms with E-state index >= 15 is 0 Å². The van der Waals surface area contributed by atoms with E-state index in [1.165, 1.54) is 5.56 Å². The highest BCUT2D eigenvalue weighted by Gasteiger charge is 2.15. The molecule has 0 saturated carbocycles. The summed E-state index contributed by atoms with van der Waals surface area (Å²) in [6.45, 7) is 6.27. The van der Waals surface area contributed by atoms with Crippen molar-refractivity contribution in [3.05, 3.63) is 47.5 Å². The molecule has 0 aliphatic carbocycles. The molecule has 0 aliphatic rings. The maximum absolute atomic E-state index is 11.6. The van der Waals surface area contributed by atoms with Crippen LogP contribution in [-0.2, 0) is 22.4 Å². The molecule has 0 saturated heterocycles. The van der Waals surface area contributed by atoms with Crippen LogP contribution in [0.15, 0.2) is 36.4 Å². The topological polar surface area (TPSA) is 89.2 Å². The van der Waals surface area contributed by atoms with Gasteiger partial charge in [0, 0.05) is 6.42 Å². The van der Waals surface area contributed by atoms with Gasteiger partial charge in [0.2, 0.25) is 0 Å². The largest absolute Gasteiger partial charge is 0.493 e. The normalized spacial score (nSPS) is 10.2. The molecule has 0 aromatic heterocycles. The number of aryl methyl sites for hydroxylation is 1. The maximum atomic E-state index is 11.6. The van der Waals surface area contributed by atoms with Gasteiger partial charge < -0.3 is 29.4 Å². The Bertz CT molecular complexity index is 867. The van der Waals surface area contributed by atoms with E-state index in [2.05, 4.69) is 0 Å². The molecule has 34 heavy (non-hydrogen) atoms. The third-order valence-electron chi connectivity index (χ3n) is 4.60. The Kier molecular flexibility index (Phi) is 14.8. The van der Waals surface area contributed by atoms with E-state index < -0.39 is 5.60 Å². The SMILES string of the molecule is COc1ccc(CCCC(=O)OC(C)(C)C)cc1OC.COc1ccc(CCN)cc1OC.Cl. The van der Waals surface area contributed by atoms with Crippen molar-refractivity contribution in [2.24, 2.45) is 5.73 Å². The van der Waals surface area contributed by atoms with Crippen LogP contribution in [0.25, 0.3) is 0 Å². The smallest absolute Gasteiger partial charge is 0.306 e. The Labute approximate surface area is 210 Å². The molecule has 0 bridgehead atoms. The Morgan fingerprint density at radius 2 is 1.21 bits per heavy atom. The zero-order valence-corrected chi connectivity index (χ0v) is 22.3. The lowest BCUT2D eigenvalue weighted by Crippen LogP contribution is -2.23. The summed E-state index contributed by atoms with van der Waals surface area (Å²) in [5.74, 6) is 2.78. The molecule has 0 fully saturated rings. The third kappa shape index (κ3) is 11.5. The van der Waals surface area contributed by atoms with E-state index in [1.807, 2.05) is 57.2 Å². The molecule has 8 heteroatoms. The van der Waals surface area contributed by atoms with Gasteiger partial charge in [-0.1, -0.05) is 12.1 Å². The highest BCUT2D eigenvalue weighted by molar-refractivity contribution is 5.85. The lowest BCUT2D eigenvalue weighted by molar-refractivity contribution is -0.154. The summed E-state index contributed by atoms with van der Waals surface area (Å²) in [5.41, 5.74) is 7.32. The molecular formula is C26H40ClNO6. The molecule has 0 spiro atoms. The van der Waals surface area contributed by atoms with Crippen LogP contribution in [-0.4, -0.2) is 46.6 Å². The number of carbonyl (C=O) groups excluding carboxylic acids is 1. The molecule has 7 nitrogen and oxygen atoms in total. The first kappa shape index (κ1) is 31.4. The number of ether oxygens (including phenoxy) is 5. The summed E-state index contributed by atoms with van der Waals surface area (Å²) >= 11 is 0. The summed E-state index contributed by atoms with van der Waals surface area (Å²) in [5, 5.41) is 0. The number of rotatable bonds is 10. The minimum atomic E-state index is -0.416. The van der Waals surface area contributed by atoms with Crippen molar-refractivity contribution in [1.82, 2.24) is 0 Å². The van der Waals surface area contributed by atoms with Gasteiger partial charge in [-0.25, -0.2) is 0 Å². The molecule has 0 aliphatic heterocycles. The lowest BCUT2D eigenvalue weighted by atomic mass is 10.1. The van der Waals surface area contributed by atoms with Crippen LogP contribution < -0.4 is 24.7 Å². The molecule has 192 valence electrons. The van der Waals surface area contributed by atoms with E-state index in [1.54, 1.807) is 28.4 Å². The first-order valence-corrected chi connectivity index (χ1v) is 11.0. The molecule has 0 heterocycles. The van der Waals surface area contributed by atoms with E-state index in [9.17, 15) is 4.79 Å². The van der Waals surface area contributed by atoms with Crippen LogP contribution in [0.4, 0.5) is 0 Å². The van der Waals surface area contributed by atoms with Crippen molar-refractivity contribution in [2.75, 3.05) is 35.0 Å². The fourth-order valence-corrected chi connectivity index (χ4v) is 3.07. The van der Waals surface area contributed by atoms with Crippen molar-refractivity contribution in [3.63, 3.8) is 0 Å². The minimum absolute atomic E-state index is 0. The monoisotopic (exact) mass is 497 g/mol. The van der Waals surface area contributed by atoms with Gasteiger partial charge in [-0.2, -0.15) is 0 Å². The number of nitrogens with two attached hydrogens (primary N) is 1. The minimum Gasteiger partial charge on any atom is -0.493 e. The molecule has 2 rings (SSSR count). The Hall–Kier alpha value is -2.64. The zero-order valence-electron chi connectivity index (χ0n) is 21.4. The second kappa shape index (κ2) is 16.1. The molecule has 0 atom stereocenters. The van der Waals surface area contributed by atoms with Gasteiger partial charge in [-0.3, -0.25) is 4.79 Å². The number of benzene rings is 2. The van der Waals surface area contributed by atoms with E-state index in [-0.39, 0.29) is 18.4 Å². The summed E-state index contributed by atoms with van der Waals surface area (Å²) in [7, 11) is 6.48. The lowest BCUT2D eigenvalue weighted by Gasteiger charge is -2.19. The molecule has 0 unspecified atom stereocenters. The van der Waals surface area contributed by atoms with Gasteiger partial charge in [0.1, 0.15) is 5.60 Å². The van der Waals surface area contributed by atoms with Gasteiger partial charge in [0.25, 0.3) is 0 Å². The molecular weight excluding hydrogens is 458 g/mol. The Morgan fingerprint density at radius 3 is 1.59 bits per heavy atom. The van der Waals surface area contributed by atoms with Gasteiger partial charge in [-0.15, -0.1) is 12.4 Å². The molecule has 2 aromatic rings. The standard InChI is InChI=1S/C16H24O4.C10H15NO2.ClH/c1-16(2,3)20-15(17)8-6-7-12-9-10-13(18-4)14(11-12)19-5;1-12-9-4-3-8(5-6-11)7-10(9)13-2;/h9-11H,6-8H2,1-5H3;3-4,7H,5-6,11H2,1-2H3;1H. The van der Waals surface area contributed by atoms with Crippen LogP contribution in [0.3, 0.4) is 0 Å². The van der Waals surface area contributed by atoms with Gasteiger partial charge in [-0.05, 0) is 82.0 Å². The van der Waals surface area contributed by atoms with E-state index in [4.69, 9.17) is 29.4 Å². The fraction of sp³-hybridized carbons (Fsp3) is 0.500. The second-order valence-electron chi connectivity index (χ2n) is 8.36. The number of hydrogen-bond acceptors (Lipinski definition) is 7. The predicted octanol–water partition coefficient (Wildman–Crippen LogP) is 5.00. The zero-order chi connectivity index (χ0) is 24.9. The van der Waals surface area contributed by atoms with Crippen LogP contribution in [0.5, 0.6) is 23.0 Å². The van der Waals surface area contributed by atoms with Crippen LogP contribution in [0.2, 0.25) is 0 Å². The molecule has 0 amide bonds. The molecule has 2 aromatic carbocycles. The predicted molar refractivity (Wildman–Crippen MR) is 138 cm³/mol. The number of carbonyl (C=O) groups is 1. The van der Waals surface area contributed by atoms with Gasteiger partial charge >= 0.3 is 5.97 Å². The second-order valence-corrected chi connectivity index (χ2v) is 8.36. The molecule has 0 radical (unpaired) electrons. The Morgan fingerprint density at radius 1 is 0.765 bits per heavy atom. The van der Waals surface area contributed by atoms with E-state index in [0.717, 1.165) is 36.3 Å². The summed E-state index contributed by atoms with van der Waals surface area (Å²) in [6, 6.07) is 11.6. The van der Waals surface area contributed by atoms with Crippen molar-refractivity contribution < 1.29 is 28.5 Å². The highest BCUT2D eigenvalue weighted by Crippen LogP contribution is 2.28. The summed E-state index contributed by atoms with van der Waals surface area (Å²) in [6.07, 6.45) is 2.84. The number of methoxy groups -OCH3 is 4. The summed E-state index contributed by atoms with van der Waals surface area (Å²) in [4.78, 5) is 11.6. The Balaban J connectivity index is 0.000000676. The van der Waals surface area contributed by atoms with Crippen molar-refractivity contribution in [2.45, 2.75) is 52.1 Å². The van der Waals surface area contributed by atoms with Crippen molar-refractivity contribution in [1.29, 1.82) is 0 Å². The molecule has 2 N–H and O–H groups in total. The average molecular weight is 498 g/mol. The van der Waals surface area contributed by atoms with Gasteiger partial charge in [0.15, 0.2) is 23.0 Å². The third-order valence-corrected chi connectivity index (χ3v) is 4.60. The number of halogens is 1. The first-order chi connectivity index (χ1) is 15.7.